The third-order valence-corrected chi connectivity index (χ3v) is 8.03. The molecule has 0 aliphatic carbocycles. The molecule has 2 amide bonds. The predicted molar refractivity (Wildman–Crippen MR) is 156 cm³/mol. The molecule has 0 heterocycles. The lowest BCUT2D eigenvalue weighted by Crippen LogP contribution is -2.47. The Morgan fingerprint density at radius 2 is 1.57 bits per heavy atom. The van der Waals surface area contributed by atoms with Crippen molar-refractivity contribution in [2.24, 2.45) is 0 Å². The van der Waals surface area contributed by atoms with Crippen molar-refractivity contribution in [1.29, 1.82) is 0 Å². The summed E-state index contributed by atoms with van der Waals surface area (Å²) in [5.41, 5.74) is -2.01. The Morgan fingerprint density at radius 3 is 2.05 bits per heavy atom. The van der Waals surface area contributed by atoms with Gasteiger partial charge in [-0.15, -0.1) is 0 Å². The highest BCUT2D eigenvalue weighted by atomic mass is 35.5. The SMILES string of the molecule is CCC(Oc1ccc(C(C)(C)CC)cc1C(C)(C)CC)C(=O)Nc1c(Cl)cc(NC(=O)C(F)(F)C(F)(F)F)c(O)c1[N+](=O)[O-]. The second-order valence-corrected chi connectivity index (χ2v) is 11.9. The summed E-state index contributed by atoms with van der Waals surface area (Å²) in [6.45, 7) is 13.9. The van der Waals surface area contributed by atoms with Crippen molar-refractivity contribution in [3.63, 3.8) is 0 Å². The van der Waals surface area contributed by atoms with Crippen molar-refractivity contribution < 1.29 is 46.3 Å². The predicted octanol–water partition coefficient (Wildman–Crippen LogP) is 8.26. The van der Waals surface area contributed by atoms with Crippen LogP contribution in [0.15, 0.2) is 24.3 Å². The smallest absolute Gasteiger partial charge is 0.463 e. The Balaban J connectivity index is 2.50. The van der Waals surface area contributed by atoms with Gasteiger partial charge in [0, 0.05) is 5.56 Å². The third kappa shape index (κ3) is 7.51. The molecule has 2 rings (SSSR count). The van der Waals surface area contributed by atoms with Crippen LogP contribution >= 0.6 is 11.6 Å². The van der Waals surface area contributed by atoms with Gasteiger partial charge in [-0.25, -0.2) is 0 Å². The van der Waals surface area contributed by atoms with E-state index in [1.165, 1.54) is 0 Å². The highest BCUT2D eigenvalue weighted by Crippen LogP contribution is 2.46. The first-order valence-corrected chi connectivity index (χ1v) is 14.0. The van der Waals surface area contributed by atoms with E-state index in [1.54, 1.807) is 13.0 Å². The molecule has 0 aliphatic rings. The summed E-state index contributed by atoms with van der Waals surface area (Å²) in [6.07, 6.45) is -5.88. The summed E-state index contributed by atoms with van der Waals surface area (Å²) in [6, 6.07) is 6.13. The highest BCUT2D eigenvalue weighted by molar-refractivity contribution is 6.35. The maximum atomic E-state index is 13.4. The number of hydrogen-bond acceptors (Lipinski definition) is 6. The van der Waals surface area contributed by atoms with E-state index in [-0.39, 0.29) is 17.3 Å². The van der Waals surface area contributed by atoms with E-state index in [1.807, 2.05) is 32.9 Å². The number of alkyl halides is 5. The fourth-order valence-electron chi connectivity index (χ4n) is 4.00. The van der Waals surface area contributed by atoms with Crippen LogP contribution < -0.4 is 15.4 Å². The van der Waals surface area contributed by atoms with Crippen LogP contribution in [0, 0.1) is 10.1 Å². The lowest BCUT2D eigenvalue weighted by Gasteiger charge is -2.31. The molecular weight excluding hydrogens is 617 g/mol. The van der Waals surface area contributed by atoms with Crippen LogP contribution in [0.5, 0.6) is 11.5 Å². The van der Waals surface area contributed by atoms with E-state index in [0.717, 1.165) is 29.3 Å². The quantitative estimate of drug-likeness (QED) is 0.0916. The molecule has 0 saturated heterocycles. The van der Waals surface area contributed by atoms with Crippen LogP contribution in [-0.2, 0) is 20.4 Å². The molecule has 0 radical (unpaired) electrons. The molecule has 0 bridgehead atoms. The van der Waals surface area contributed by atoms with Gasteiger partial charge in [0.2, 0.25) is 5.75 Å². The monoisotopic (exact) mass is 651 g/mol. The van der Waals surface area contributed by atoms with Crippen molar-refractivity contribution in [2.75, 3.05) is 10.6 Å². The number of rotatable bonds is 12. The molecule has 0 aromatic heterocycles. The number of carbonyl (C=O) groups is 2. The van der Waals surface area contributed by atoms with Gasteiger partial charge in [-0.3, -0.25) is 19.7 Å². The fraction of sp³-hybridized carbons (Fsp3) is 0.517. The zero-order valence-corrected chi connectivity index (χ0v) is 26.0. The summed E-state index contributed by atoms with van der Waals surface area (Å²) in [4.78, 5) is 35.4. The number of phenols is 1. The first-order valence-electron chi connectivity index (χ1n) is 13.6. The molecule has 2 aromatic carbocycles. The van der Waals surface area contributed by atoms with Crippen LogP contribution in [0.2, 0.25) is 5.02 Å². The number of ether oxygens (including phenoxy) is 1. The van der Waals surface area contributed by atoms with Crippen LogP contribution in [0.4, 0.5) is 39.0 Å². The molecule has 44 heavy (non-hydrogen) atoms. The maximum absolute atomic E-state index is 13.4. The maximum Gasteiger partial charge on any atom is 0.463 e. The number of phenolic OH excluding ortho intramolecular Hbond substituents is 1. The zero-order valence-electron chi connectivity index (χ0n) is 25.2. The number of nitrogens with one attached hydrogen (secondary N) is 2. The molecule has 1 unspecified atom stereocenters. The second-order valence-electron chi connectivity index (χ2n) is 11.5. The number of carbonyl (C=O) groups excluding carboxylic acids is 2. The molecule has 244 valence electrons. The van der Waals surface area contributed by atoms with Crippen molar-refractivity contribution in [1.82, 2.24) is 0 Å². The van der Waals surface area contributed by atoms with E-state index in [0.29, 0.717) is 11.8 Å². The van der Waals surface area contributed by atoms with Gasteiger partial charge in [-0.05, 0) is 47.8 Å². The van der Waals surface area contributed by atoms with Crippen LogP contribution in [0.3, 0.4) is 0 Å². The second kappa shape index (κ2) is 13.1. The van der Waals surface area contributed by atoms with Gasteiger partial charge in [-0.2, -0.15) is 22.0 Å². The van der Waals surface area contributed by atoms with Gasteiger partial charge in [0.05, 0.1) is 15.6 Å². The average molecular weight is 652 g/mol. The van der Waals surface area contributed by atoms with Crippen molar-refractivity contribution in [3.8, 4) is 11.5 Å². The highest BCUT2D eigenvalue weighted by Gasteiger charge is 2.63. The minimum Gasteiger partial charge on any atom is -0.501 e. The zero-order chi connectivity index (χ0) is 34.0. The average Bonchev–Trinajstić information content (AvgIpc) is 2.93. The van der Waals surface area contributed by atoms with Gasteiger partial charge < -0.3 is 20.5 Å². The summed E-state index contributed by atoms with van der Waals surface area (Å²) < 4.78 is 70.7. The normalized spacial score (nSPS) is 13.3. The first kappa shape index (κ1) is 36.5. The minimum absolute atomic E-state index is 0.0676. The number of nitrogens with zero attached hydrogens (tertiary/aromatic N) is 1. The van der Waals surface area contributed by atoms with Gasteiger partial charge in [-0.1, -0.05) is 72.2 Å². The molecule has 1 atom stereocenters. The molecular formula is C29H35ClF5N3O6. The summed E-state index contributed by atoms with van der Waals surface area (Å²) in [7, 11) is 0. The Hall–Kier alpha value is -3.68. The fourth-order valence-corrected chi connectivity index (χ4v) is 4.25. The van der Waals surface area contributed by atoms with Crippen LogP contribution in [-0.4, -0.2) is 40.0 Å². The Kier molecular flexibility index (Phi) is 10.9. The summed E-state index contributed by atoms with van der Waals surface area (Å²) in [5.74, 6) is -10.9. The standard InChI is InChI=1S/C29H35ClF5N3O6/c1-8-19(44-20-12-11-15(26(4,5)9-2)13-16(20)27(6,7)10-3)24(40)37-21-17(30)14-18(23(39)22(21)38(42)43)36-25(41)28(31,32)29(33,34)35/h11-14,19,39H,8-10H2,1-7H3,(H,36,41)(H,37,40). The Bertz CT molecular complexity index is 1430. The molecule has 15 heteroatoms. The lowest BCUT2D eigenvalue weighted by atomic mass is 9.76. The summed E-state index contributed by atoms with van der Waals surface area (Å²) in [5, 5.41) is 24.7. The molecule has 0 fully saturated rings. The van der Waals surface area contributed by atoms with E-state index >= 15 is 0 Å². The van der Waals surface area contributed by atoms with Gasteiger partial charge in [0.25, 0.3) is 5.91 Å². The van der Waals surface area contributed by atoms with E-state index in [4.69, 9.17) is 16.3 Å². The van der Waals surface area contributed by atoms with Crippen molar-refractivity contribution in [2.45, 2.75) is 96.8 Å². The molecule has 0 aliphatic heterocycles. The lowest BCUT2D eigenvalue weighted by molar-refractivity contribution is -0.384. The van der Waals surface area contributed by atoms with Gasteiger partial charge in [0.1, 0.15) is 11.4 Å². The third-order valence-electron chi connectivity index (χ3n) is 7.74. The first-order chi connectivity index (χ1) is 20.0. The van der Waals surface area contributed by atoms with E-state index in [2.05, 4.69) is 26.1 Å². The molecule has 0 saturated carbocycles. The molecule has 2 aromatic rings. The van der Waals surface area contributed by atoms with E-state index < -0.39 is 62.8 Å². The number of aromatic hydroxyl groups is 1. The number of anilines is 2. The van der Waals surface area contributed by atoms with E-state index in [9.17, 15) is 46.8 Å². The Morgan fingerprint density at radius 1 is 1.00 bits per heavy atom. The minimum atomic E-state index is -6.29. The number of amides is 2. The van der Waals surface area contributed by atoms with Gasteiger partial charge >= 0.3 is 23.7 Å². The van der Waals surface area contributed by atoms with Crippen LogP contribution in [0.1, 0.15) is 78.9 Å². The molecule has 3 N–H and O–H groups in total. The number of benzene rings is 2. The Labute approximate surface area is 256 Å². The molecule has 0 spiro atoms. The van der Waals surface area contributed by atoms with Crippen molar-refractivity contribution in [3.05, 3.63) is 50.5 Å². The summed E-state index contributed by atoms with van der Waals surface area (Å²) >= 11 is 6.04. The number of nitro benzene ring substituents is 1. The number of nitro groups is 1. The van der Waals surface area contributed by atoms with Gasteiger partial charge in [0.15, 0.2) is 6.10 Å². The number of halogens is 6. The largest absolute Gasteiger partial charge is 0.501 e. The number of hydrogen-bond donors (Lipinski definition) is 3. The molecule has 9 nitrogen and oxygen atoms in total. The van der Waals surface area contributed by atoms with Crippen molar-refractivity contribution >= 4 is 40.5 Å². The van der Waals surface area contributed by atoms with Crippen LogP contribution in [0.25, 0.3) is 0 Å². The topological polar surface area (TPSA) is 131 Å².